The number of nitrogens with zero attached hydrogens (tertiary/aromatic N) is 2. The monoisotopic (exact) mass is 295 g/mol. The van der Waals surface area contributed by atoms with Gasteiger partial charge in [0.05, 0.1) is 17.8 Å². The lowest BCUT2D eigenvalue weighted by Crippen LogP contribution is -2.14. The molecule has 0 aliphatic carbocycles. The van der Waals surface area contributed by atoms with Crippen molar-refractivity contribution >= 4 is 10.0 Å². The molecule has 1 heterocycles. The molecule has 2 aromatic rings. The highest BCUT2D eigenvalue weighted by Crippen LogP contribution is 2.25. The summed E-state index contributed by atoms with van der Waals surface area (Å²) >= 11 is 0. The zero-order valence-electron chi connectivity index (χ0n) is 11.4. The minimum atomic E-state index is -3.70. The highest BCUT2D eigenvalue weighted by molar-refractivity contribution is 7.89. The molecule has 1 aromatic carbocycles. The van der Waals surface area contributed by atoms with Gasteiger partial charge in [0.25, 0.3) is 0 Å². The molecule has 0 fully saturated rings. The van der Waals surface area contributed by atoms with Crippen molar-refractivity contribution in [2.75, 3.05) is 6.61 Å². The highest BCUT2D eigenvalue weighted by atomic mass is 32.2. The zero-order valence-corrected chi connectivity index (χ0v) is 12.2. The Bertz CT molecular complexity index is 694. The Balaban J connectivity index is 2.11. The van der Waals surface area contributed by atoms with Crippen LogP contribution in [-0.2, 0) is 16.6 Å². The molecule has 0 spiro atoms. The fraction of sp³-hybridized carbons (Fsp3) is 0.308. The molecule has 1 aromatic heterocycles. The van der Waals surface area contributed by atoms with Gasteiger partial charge in [-0.25, -0.2) is 18.5 Å². The highest BCUT2D eigenvalue weighted by Gasteiger charge is 2.14. The van der Waals surface area contributed by atoms with Gasteiger partial charge in [-0.05, 0) is 37.1 Å². The second-order valence-corrected chi connectivity index (χ2v) is 6.11. The molecule has 0 aliphatic heterocycles. The van der Waals surface area contributed by atoms with Crippen LogP contribution in [0.3, 0.4) is 0 Å². The van der Waals surface area contributed by atoms with Crippen molar-refractivity contribution in [1.82, 2.24) is 9.55 Å². The summed E-state index contributed by atoms with van der Waals surface area (Å²) in [5.74, 6) is 0.662. The first-order valence-electron chi connectivity index (χ1n) is 6.10. The first-order valence-corrected chi connectivity index (χ1v) is 7.65. The van der Waals surface area contributed by atoms with Crippen LogP contribution in [0, 0.1) is 13.8 Å². The fourth-order valence-corrected chi connectivity index (χ4v) is 2.75. The second-order valence-electron chi connectivity index (χ2n) is 4.58. The van der Waals surface area contributed by atoms with E-state index in [0.717, 1.165) is 5.56 Å². The molecule has 0 aliphatic rings. The molecule has 6 nitrogen and oxygen atoms in total. The van der Waals surface area contributed by atoms with Gasteiger partial charge in [0.15, 0.2) is 0 Å². The van der Waals surface area contributed by atoms with Crippen LogP contribution in [0.4, 0.5) is 0 Å². The molecule has 0 saturated carbocycles. The third-order valence-corrected chi connectivity index (χ3v) is 4.00. The smallest absolute Gasteiger partial charge is 0.238 e. The Morgan fingerprint density at radius 3 is 2.65 bits per heavy atom. The van der Waals surface area contributed by atoms with Crippen LogP contribution in [0.15, 0.2) is 35.7 Å². The van der Waals surface area contributed by atoms with Crippen LogP contribution in [0.2, 0.25) is 0 Å². The summed E-state index contributed by atoms with van der Waals surface area (Å²) in [5, 5.41) is 5.16. The van der Waals surface area contributed by atoms with Gasteiger partial charge in [-0.3, -0.25) is 0 Å². The third kappa shape index (κ3) is 3.37. The lowest BCUT2D eigenvalue weighted by molar-refractivity contribution is 0.296. The Hall–Kier alpha value is -1.86. The first-order chi connectivity index (χ1) is 9.38. The number of hydrogen-bond acceptors (Lipinski definition) is 4. The van der Waals surface area contributed by atoms with E-state index in [4.69, 9.17) is 9.88 Å². The van der Waals surface area contributed by atoms with Gasteiger partial charge in [0.1, 0.15) is 12.4 Å². The van der Waals surface area contributed by atoms with E-state index in [1.807, 2.05) is 10.8 Å². The number of imidazole rings is 1. The van der Waals surface area contributed by atoms with Crippen LogP contribution in [0.5, 0.6) is 5.75 Å². The van der Waals surface area contributed by atoms with Gasteiger partial charge < -0.3 is 9.30 Å². The van der Waals surface area contributed by atoms with E-state index in [1.54, 1.807) is 32.4 Å². The van der Waals surface area contributed by atoms with Crippen LogP contribution in [0.1, 0.15) is 11.1 Å². The van der Waals surface area contributed by atoms with Crippen molar-refractivity contribution in [2.24, 2.45) is 5.14 Å². The maximum absolute atomic E-state index is 11.4. The minimum Gasteiger partial charge on any atom is -0.491 e. The first kappa shape index (κ1) is 14.5. The summed E-state index contributed by atoms with van der Waals surface area (Å²) in [7, 11) is -3.70. The molecular formula is C13H17N3O3S. The predicted molar refractivity (Wildman–Crippen MR) is 75.0 cm³/mol. The standard InChI is InChI=1S/C13H17N3O3S/c1-10-8-13(20(14,17)18)11(2)7-12(10)19-6-5-16-4-3-15-9-16/h3-4,7-9H,5-6H2,1-2H3,(H2,14,17,18). The van der Waals surface area contributed by atoms with E-state index in [1.165, 1.54) is 6.07 Å². The lowest BCUT2D eigenvalue weighted by Gasteiger charge is -2.12. The van der Waals surface area contributed by atoms with E-state index in [-0.39, 0.29) is 4.90 Å². The number of aromatic nitrogens is 2. The van der Waals surface area contributed by atoms with Gasteiger partial charge in [0.2, 0.25) is 10.0 Å². The van der Waals surface area contributed by atoms with Crippen LogP contribution in [-0.4, -0.2) is 24.6 Å². The number of aryl methyl sites for hydroxylation is 2. The van der Waals surface area contributed by atoms with Crippen molar-refractivity contribution < 1.29 is 13.2 Å². The molecule has 0 radical (unpaired) electrons. The molecule has 2 rings (SSSR count). The Morgan fingerprint density at radius 2 is 2.05 bits per heavy atom. The summed E-state index contributed by atoms with van der Waals surface area (Å²) < 4.78 is 30.4. The van der Waals surface area contributed by atoms with E-state index in [9.17, 15) is 8.42 Å². The van der Waals surface area contributed by atoms with Crippen molar-refractivity contribution in [3.8, 4) is 5.75 Å². The largest absolute Gasteiger partial charge is 0.491 e. The van der Waals surface area contributed by atoms with Crippen LogP contribution < -0.4 is 9.88 Å². The number of sulfonamides is 1. The van der Waals surface area contributed by atoms with Gasteiger partial charge in [0, 0.05) is 12.4 Å². The Labute approximate surface area is 118 Å². The Morgan fingerprint density at radius 1 is 1.30 bits per heavy atom. The van der Waals surface area contributed by atoms with Crippen molar-refractivity contribution in [3.63, 3.8) is 0 Å². The molecular weight excluding hydrogens is 278 g/mol. The second kappa shape index (κ2) is 5.64. The summed E-state index contributed by atoms with van der Waals surface area (Å²) in [5.41, 5.74) is 1.32. The summed E-state index contributed by atoms with van der Waals surface area (Å²) in [4.78, 5) is 4.08. The maximum Gasteiger partial charge on any atom is 0.238 e. The number of hydrogen-bond donors (Lipinski definition) is 1. The molecule has 0 bridgehead atoms. The normalized spacial score (nSPS) is 11.6. The zero-order chi connectivity index (χ0) is 14.8. The number of benzene rings is 1. The van der Waals surface area contributed by atoms with E-state index >= 15 is 0 Å². The van der Waals surface area contributed by atoms with E-state index in [0.29, 0.717) is 24.5 Å². The number of nitrogens with two attached hydrogens (primary N) is 1. The predicted octanol–water partition coefficient (Wildman–Crippen LogP) is 1.23. The number of rotatable bonds is 5. The molecule has 0 unspecified atom stereocenters. The van der Waals surface area contributed by atoms with Gasteiger partial charge in [-0.1, -0.05) is 0 Å². The van der Waals surface area contributed by atoms with Gasteiger partial charge in [-0.2, -0.15) is 0 Å². The quantitative estimate of drug-likeness (QED) is 0.898. The molecule has 20 heavy (non-hydrogen) atoms. The van der Waals surface area contributed by atoms with Gasteiger partial charge in [-0.15, -0.1) is 0 Å². The average molecular weight is 295 g/mol. The minimum absolute atomic E-state index is 0.136. The third-order valence-electron chi connectivity index (χ3n) is 2.95. The van der Waals surface area contributed by atoms with Crippen LogP contribution >= 0.6 is 0 Å². The molecule has 108 valence electrons. The van der Waals surface area contributed by atoms with E-state index in [2.05, 4.69) is 4.98 Å². The average Bonchev–Trinajstić information content (AvgIpc) is 2.84. The summed E-state index contributed by atoms with van der Waals surface area (Å²) in [6, 6.07) is 3.24. The van der Waals surface area contributed by atoms with E-state index < -0.39 is 10.0 Å². The van der Waals surface area contributed by atoms with Crippen molar-refractivity contribution in [1.29, 1.82) is 0 Å². The molecule has 0 amide bonds. The number of ether oxygens (including phenoxy) is 1. The number of primary sulfonamides is 1. The summed E-state index contributed by atoms with van der Waals surface area (Å²) in [6.45, 7) is 4.64. The van der Waals surface area contributed by atoms with Crippen LogP contribution in [0.25, 0.3) is 0 Å². The van der Waals surface area contributed by atoms with Gasteiger partial charge >= 0.3 is 0 Å². The maximum atomic E-state index is 11.4. The lowest BCUT2D eigenvalue weighted by atomic mass is 10.1. The summed E-state index contributed by atoms with van der Waals surface area (Å²) in [6.07, 6.45) is 5.27. The molecule has 0 atom stereocenters. The topological polar surface area (TPSA) is 87.2 Å². The molecule has 0 saturated heterocycles. The molecule has 7 heteroatoms. The fourth-order valence-electron chi connectivity index (χ4n) is 1.91. The van der Waals surface area contributed by atoms with Crippen molar-refractivity contribution in [3.05, 3.63) is 42.0 Å². The molecule has 2 N–H and O–H groups in total. The SMILES string of the molecule is Cc1cc(S(N)(=O)=O)c(C)cc1OCCn1ccnc1. The Kier molecular flexibility index (Phi) is 4.10. The van der Waals surface area contributed by atoms with Crippen molar-refractivity contribution in [2.45, 2.75) is 25.3 Å².